The molecule has 1 amide bonds. The summed E-state index contributed by atoms with van der Waals surface area (Å²) in [5.41, 5.74) is 13.6. The van der Waals surface area contributed by atoms with Crippen LogP contribution in [-0.4, -0.2) is 47.8 Å². The van der Waals surface area contributed by atoms with E-state index in [1.807, 2.05) is 27.0 Å². The summed E-state index contributed by atoms with van der Waals surface area (Å²) in [4.78, 5) is 23.2. The third-order valence-electron chi connectivity index (χ3n) is 11.6. The lowest BCUT2D eigenvalue weighted by Gasteiger charge is -2.44. The van der Waals surface area contributed by atoms with Gasteiger partial charge in [-0.1, -0.05) is 63.4 Å². The summed E-state index contributed by atoms with van der Waals surface area (Å²) in [5.74, 6) is 0.714. The number of carbonyl (C=O) groups is 1. The van der Waals surface area contributed by atoms with Crippen molar-refractivity contribution in [1.82, 2.24) is 20.6 Å². The molecule has 2 aliphatic heterocycles. The number of rotatable bonds is 2. The molecule has 4 aliphatic rings. The number of piperidine rings is 2. The lowest BCUT2D eigenvalue weighted by Crippen LogP contribution is -2.48. The number of aromatic nitrogens is 2. The van der Waals surface area contributed by atoms with E-state index >= 15 is 0 Å². The summed E-state index contributed by atoms with van der Waals surface area (Å²) in [5, 5.41) is 6.66. The zero-order chi connectivity index (χ0) is 38.7. The molecule has 8 nitrogen and oxygen atoms in total. The molecule has 0 saturated carbocycles. The Morgan fingerprint density at radius 2 is 1.37 bits per heavy atom. The van der Waals surface area contributed by atoms with Gasteiger partial charge in [-0.15, -0.1) is 24.0 Å². The number of fused-ring (bicyclic) bond motifs is 2. The molecular weight excluding hydrogens is 1060 g/mol. The zero-order valence-corrected chi connectivity index (χ0v) is 39.1. The van der Waals surface area contributed by atoms with E-state index < -0.39 is 5.60 Å². The number of pyridine rings is 2. The number of ether oxygens (including phenoxy) is 1. The number of nitrogens with one attached hydrogen (secondary N) is 2. The minimum Gasteiger partial charge on any atom is -0.444 e. The van der Waals surface area contributed by atoms with Crippen molar-refractivity contribution in [2.75, 3.05) is 31.1 Å². The van der Waals surface area contributed by atoms with E-state index in [2.05, 4.69) is 132 Å². The molecule has 8 rings (SSSR count). The molecule has 2 aromatic carbocycles. The third kappa shape index (κ3) is 11.4. The summed E-state index contributed by atoms with van der Waals surface area (Å²) < 4.78 is 20.2. The first-order chi connectivity index (χ1) is 25.7. The summed E-state index contributed by atoms with van der Waals surface area (Å²) in [6.45, 7) is 13.7. The van der Waals surface area contributed by atoms with Gasteiger partial charge >= 0.3 is 6.09 Å². The van der Waals surface area contributed by atoms with Crippen LogP contribution in [0.3, 0.4) is 0 Å². The van der Waals surface area contributed by atoms with Crippen LogP contribution in [-0.2, 0) is 17.6 Å². The molecule has 2 spiro atoms. The largest absolute Gasteiger partial charge is 0.444 e. The van der Waals surface area contributed by atoms with Crippen molar-refractivity contribution in [3.8, 4) is 0 Å². The van der Waals surface area contributed by atoms with Crippen LogP contribution in [0.1, 0.15) is 107 Å². The molecule has 4 heterocycles. The standard InChI is InChI=1S/C24H30IN3O2.C13H18N2.C6H5FIN.2CH4.HI/c1-16-19(25)9-12-26-21(16)28-13-10-24(11-14-28)15-17-7-5-6-8-18(17)20(24)27-22(29)30-23(2,3)4;14-12-11-4-2-1-3-10(11)9-13(12)5-7-15-8-6-13;1-4-5(8)2-3-9-6(4)7;;;/h5-9,12,20H,10-11,13-15H2,1-4H3,(H,27,29);1-4,12,15H,5-9,14H2;2-3H,1H3;2*1H4;1H/t20-;12-;;;;/m11..../s1. The van der Waals surface area contributed by atoms with Crippen LogP contribution in [0.2, 0.25) is 0 Å². The lowest BCUT2D eigenvalue weighted by atomic mass is 9.72. The van der Waals surface area contributed by atoms with Crippen molar-refractivity contribution < 1.29 is 13.9 Å². The molecule has 2 aliphatic carbocycles. The highest BCUT2D eigenvalue weighted by atomic mass is 127. The monoisotopic (exact) mass is 1120 g/mol. The number of anilines is 1. The van der Waals surface area contributed by atoms with Gasteiger partial charge in [-0.3, -0.25) is 0 Å². The molecule has 12 heteroatoms. The molecule has 57 heavy (non-hydrogen) atoms. The first kappa shape index (κ1) is 49.2. The molecule has 4 N–H and O–H groups in total. The number of halogens is 4. The van der Waals surface area contributed by atoms with Gasteiger partial charge in [0.25, 0.3) is 0 Å². The van der Waals surface area contributed by atoms with Crippen molar-refractivity contribution in [3.05, 3.63) is 120 Å². The van der Waals surface area contributed by atoms with E-state index in [-0.39, 0.29) is 68.4 Å². The van der Waals surface area contributed by atoms with Crippen LogP contribution in [0.5, 0.6) is 0 Å². The Bertz CT molecular complexity index is 1920. The number of nitrogens with two attached hydrogens (primary N) is 1. The first-order valence-corrected chi connectivity index (χ1v) is 21.1. The van der Waals surface area contributed by atoms with Crippen LogP contribution in [0.4, 0.5) is 15.0 Å². The van der Waals surface area contributed by atoms with Crippen LogP contribution < -0.4 is 21.3 Å². The average molecular weight is 1120 g/mol. The van der Waals surface area contributed by atoms with Crippen molar-refractivity contribution in [2.24, 2.45) is 16.6 Å². The minimum atomic E-state index is -0.508. The van der Waals surface area contributed by atoms with Gasteiger partial charge in [-0.05, 0) is 171 Å². The normalized spacial score (nSPS) is 19.5. The topological polar surface area (TPSA) is 105 Å². The predicted molar refractivity (Wildman–Crippen MR) is 260 cm³/mol. The average Bonchev–Trinajstić information content (AvgIpc) is 3.58. The highest BCUT2D eigenvalue weighted by Crippen LogP contribution is 2.53. The summed E-state index contributed by atoms with van der Waals surface area (Å²) in [6.07, 6.45) is 9.68. The van der Waals surface area contributed by atoms with Gasteiger partial charge in [0, 0.05) is 55.2 Å². The molecule has 2 atom stereocenters. The van der Waals surface area contributed by atoms with Crippen molar-refractivity contribution >= 4 is 81.1 Å². The molecule has 2 saturated heterocycles. The van der Waals surface area contributed by atoms with Gasteiger partial charge in [-0.25, -0.2) is 14.8 Å². The second kappa shape index (κ2) is 20.9. The Kier molecular flexibility index (Phi) is 18.0. The quantitative estimate of drug-likeness (QED) is 0.136. The molecule has 2 aromatic heterocycles. The number of amides is 1. The maximum absolute atomic E-state index is 12.7. The zero-order valence-electron chi connectivity index (χ0n) is 32.4. The Labute approximate surface area is 385 Å². The van der Waals surface area contributed by atoms with Gasteiger partial charge in [0.05, 0.1) is 6.04 Å². The first-order valence-electron chi connectivity index (χ1n) is 19.0. The maximum atomic E-state index is 12.7. The Hall–Kier alpha value is -2.15. The second-order valence-corrected chi connectivity index (χ2v) is 18.5. The summed E-state index contributed by atoms with van der Waals surface area (Å²) >= 11 is 4.45. The van der Waals surface area contributed by atoms with Gasteiger partial charge in [0.2, 0.25) is 5.95 Å². The summed E-state index contributed by atoms with van der Waals surface area (Å²) in [6, 6.07) is 21.3. The predicted octanol–water partition coefficient (Wildman–Crippen LogP) is 11.0. The number of nitrogens with zero attached hydrogens (tertiary/aromatic N) is 3. The van der Waals surface area contributed by atoms with Gasteiger partial charge < -0.3 is 26.0 Å². The summed E-state index contributed by atoms with van der Waals surface area (Å²) in [7, 11) is 0. The van der Waals surface area contributed by atoms with Crippen molar-refractivity contribution in [1.29, 1.82) is 0 Å². The van der Waals surface area contributed by atoms with E-state index in [0.717, 1.165) is 54.8 Å². The number of carbonyl (C=O) groups excluding carboxylic acids is 1. The molecular formula is C45H62FI3N6O2. The Morgan fingerprint density at radius 3 is 1.93 bits per heavy atom. The molecule has 0 radical (unpaired) electrons. The van der Waals surface area contributed by atoms with Gasteiger partial charge in [-0.2, -0.15) is 4.39 Å². The molecule has 312 valence electrons. The Balaban J connectivity index is 0.000000268. The van der Waals surface area contributed by atoms with E-state index in [1.165, 1.54) is 56.8 Å². The van der Waals surface area contributed by atoms with Crippen LogP contribution in [0.15, 0.2) is 73.1 Å². The minimum absolute atomic E-state index is 0. The molecule has 2 fully saturated rings. The van der Waals surface area contributed by atoms with Crippen LogP contribution >= 0.6 is 69.2 Å². The maximum Gasteiger partial charge on any atom is 0.408 e. The molecule has 0 unspecified atom stereocenters. The van der Waals surface area contributed by atoms with Crippen molar-refractivity contribution in [2.45, 2.75) is 106 Å². The highest BCUT2D eigenvalue weighted by Gasteiger charge is 2.49. The molecule has 4 aromatic rings. The second-order valence-electron chi connectivity index (χ2n) is 16.2. The van der Waals surface area contributed by atoms with E-state index in [1.54, 1.807) is 13.0 Å². The number of hydrogen-bond acceptors (Lipinski definition) is 7. The lowest BCUT2D eigenvalue weighted by molar-refractivity contribution is 0.0428. The van der Waals surface area contributed by atoms with Crippen LogP contribution in [0.25, 0.3) is 0 Å². The van der Waals surface area contributed by atoms with Crippen molar-refractivity contribution in [3.63, 3.8) is 0 Å². The fraction of sp³-hybridized carbons (Fsp3) is 0.489. The number of benzene rings is 2. The van der Waals surface area contributed by atoms with E-state index in [9.17, 15) is 9.18 Å². The van der Waals surface area contributed by atoms with Gasteiger partial charge in [0.15, 0.2) is 0 Å². The van der Waals surface area contributed by atoms with Crippen LogP contribution in [0, 0.1) is 37.8 Å². The van der Waals surface area contributed by atoms with E-state index in [0.29, 0.717) is 11.0 Å². The molecule has 0 bridgehead atoms. The van der Waals surface area contributed by atoms with E-state index in [4.69, 9.17) is 10.5 Å². The van der Waals surface area contributed by atoms with Gasteiger partial charge in [0.1, 0.15) is 11.4 Å². The fourth-order valence-corrected chi connectivity index (χ4v) is 9.40. The number of hydrogen-bond donors (Lipinski definition) is 3. The Morgan fingerprint density at radius 1 is 0.842 bits per heavy atom. The number of alkyl carbamates (subject to hydrolysis) is 1. The fourth-order valence-electron chi connectivity index (χ4n) is 8.61. The smallest absolute Gasteiger partial charge is 0.408 e. The SMILES string of the molecule is C.C.Cc1c(I)ccnc1F.Cc1c(I)ccnc1N1CCC2(CC1)Cc1ccccc1[C@H]2NC(=O)OC(C)(C)C.I.N[C@@H]1c2ccccc2CC12CCNCC2. The highest BCUT2D eigenvalue weighted by molar-refractivity contribution is 14.1. The third-order valence-corrected chi connectivity index (χ3v) is 14.0.